The first-order chi connectivity index (χ1) is 39.5. The molecule has 0 bridgehead atoms. The highest BCUT2D eigenvalue weighted by Crippen LogP contribution is 2.18. The topological polar surface area (TPSA) is 78.9 Å². The normalized spacial score (nSPS) is 12.4. The Morgan fingerprint density at radius 1 is 0.263 bits per heavy atom. The van der Waals surface area contributed by atoms with Crippen LogP contribution in [0.15, 0.2) is 60.8 Å². The van der Waals surface area contributed by atoms with E-state index in [2.05, 4.69) is 75.5 Å². The van der Waals surface area contributed by atoms with Crippen LogP contribution in [0.4, 0.5) is 0 Å². The molecule has 0 aliphatic rings. The minimum atomic E-state index is -0.802. The van der Waals surface area contributed by atoms with Crippen LogP contribution in [0.1, 0.15) is 374 Å². The van der Waals surface area contributed by atoms with E-state index in [9.17, 15) is 14.4 Å². The Kier molecular flexibility index (Phi) is 66.1. The highest BCUT2D eigenvalue weighted by Gasteiger charge is 2.19. The van der Waals surface area contributed by atoms with Gasteiger partial charge in [-0.25, -0.2) is 0 Å². The zero-order chi connectivity index (χ0) is 57.8. The largest absolute Gasteiger partial charge is 0.462 e. The van der Waals surface area contributed by atoms with Gasteiger partial charge in [0.25, 0.3) is 0 Å². The third-order valence-electron chi connectivity index (χ3n) is 15.8. The molecule has 0 aromatic carbocycles. The van der Waals surface area contributed by atoms with Gasteiger partial charge in [0.1, 0.15) is 13.2 Å². The second-order valence-electron chi connectivity index (χ2n) is 23.8. The van der Waals surface area contributed by atoms with Crippen molar-refractivity contribution in [1.82, 2.24) is 0 Å². The molecule has 0 saturated heterocycles. The van der Waals surface area contributed by atoms with Crippen molar-refractivity contribution in [3.05, 3.63) is 60.8 Å². The van der Waals surface area contributed by atoms with Crippen LogP contribution in [-0.2, 0) is 28.6 Å². The van der Waals surface area contributed by atoms with Gasteiger partial charge in [-0.3, -0.25) is 14.4 Å². The van der Waals surface area contributed by atoms with Gasteiger partial charge in [0, 0.05) is 19.3 Å². The monoisotopic (exact) mass is 1120 g/mol. The Morgan fingerprint density at radius 3 is 0.838 bits per heavy atom. The maximum Gasteiger partial charge on any atom is 0.306 e. The summed E-state index contributed by atoms with van der Waals surface area (Å²) in [6.07, 6.45) is 88.5. The summed E-state index contributed by atoms with van der Waals surface area (Å²) < 4.78 is 16.9. The fraction of sp³-hybridized carbons (Fsp3) is 0.824. The molecule has 0 spiro atoms. The van der Waals surface area contributed by atoms with Crippen LogP contribution >= 0.6 is 0 Å². The SMILES string of the molecule is CC/C=C\C/C=C\C/C=C\C/C=C\CCC(=O)OCC(COC(=O)CCCCCCCCCCCCCCC/C=C\CCCCCCCCCC)OC(=O)CCCCCCCCCCCCCCCCCCCCCCCCCC. The number of carbonyl (C=O) groups is 3. The van der Waals surface area contributed by atoms with Crippen molar-refractivity contribution in [3.63, 3.8) is 0 Å². The van der Waals surface area contributed by atoms with E-state index in [1.807, 2.05) is 6.08 Å². The number of hydrogen-bond donors (Lipinski definition) is 0. The lowest BCUT2D eigenvalue weighted by molar-refractivity contribution is -0.166. The zero-order valence-electron chi connectivity index (χ0n) is 53.6. The van der Waals surface area contributed by atoms with Crippen molar-refractivity contribution in [2.24, 2.45) is 0 Å². The molecule has 0 heterocycles. The third-order valence-corrected chi connectivity index (χ3v) is 15.8. The fourth-order valence-electron chi connectivity index (χ4n) is 10.5. The first kappa shape index (κ1) is 77.1. The first-order valence-electron chi connectivity index (χ1n) is 35.3. The van der Waals surface area contributed by atoms with E-state index >= 15 is 0 Å². The quantitative estimate of drug-likeness (QED) is 0.0261. The summed E-state index contributed by atoms with van der Waals surface area (Å²) in [6, 6.07) is 0. The number of hydrogen-bond acceptors (Lipinski definition) is 6. The highest BCUT2D eigenvalue weighted by molar-refractivity contribution is 5.71. The molecule has 0 aliphatic carbocycles. The van der Waals surface area contributed by atoms with Gasteiger partial charge in [0.05, 0.1) is 0 Å². The highest BCUT2D eigenvalue weighted by atomic mass is 16.6. The maximum absolute atomic E-state index is 12.9. The molecule has 6 heteroatoms. The number of esters is 3. The fourth-order valence-corrected chi connectivity index (χ4v) is 10.5. The molecule has 0 saturated carbocycles. The molecule has 0 aliphatic heterocycles. The van der Waals surface area contributed by atoms with Crippen molar-refractivity contribution >= 4 is 17.9 Å². The molecule has 0 aromatic rings. The summed E-state index contributed by atoms with van der Waals surface area (Å²) in [7, 11) is 0. The van der Waals surface area contributed by atoms with E-state index in [0.29, 0.717) is 19.3 Å². The van der Waals surface area contributed by atoms with Gasteiger partial charge in [-0.1, -0.05) is 345 Å². The number of ether oxygens (including phenoxy) is 3. The van der Waals surface area contributed by atoms with Gasteiger partial charge >= 0.3 is 17.9 Å². The lowest BCUT2D eigenvalue weighted by Crippen LogP contribution is -2.30. The second-order valence-corrected chi connectivity index (χ2v) is 23.8. The van der Waals surface area contributed by atoms with Crippen molar-refractivity contribution in [3.8, 4) is 0 Å². The van der Waals surface area contributed by atoms with Crippen molar-refractivity contribution < 1.29 is 28.6 Å². The number of allylic oxidation sites excluding steroid dienone is 10. The van der Waals surface area contributed by atoms with Crippen LogP contribution in [0.25, 0.3) is 0 Å². The summed E-state index contributed by atoms with van der Waals surface area (Å²) in [4.78, 5) is 38.4. The molecule has 0 aromatic heterocycles. The van der Waals surface area contributed by atoms with Crippen LogP contribution in [0.3, 0.4) is 0 Å². The average molecular weight is 1120 g/mol. The molecule has 80 heavy (non-hydrogen) atoms. The van der Waals surface area contributed by atoms with Gasteiger partial charge in [0.2, 0.25) is 0 Å². The predicted molar refractivity (Wildman–Crippen MR) is 348 cm³/mol. The standard InChI is InChI=1S/C74H134O6/c1-4-7-10-13-16-19-22-25-27-29-31-33-35-37-39-40-42-44-46-49-52-55-58-61-64-67-73(76)79-70-71(69-78-72(75)66-63-60-57-54-51-48-24-21-18-15-12-9-6-3)80-74(77)68-65-62-59-56-53-50-47-45-43-41-38-36-34-32-30-28-26-23-20-17-14-11-8-5-2/h9,12,18,21,29,31,48,51,57,60,71H,4-8,10-11,13-17,19-20,22-28,30,32-47,49-50,52-56,58-59,61-70H2,1-3H3/b12-9-,21-18-,31-29-,51-48-,60-57-. The van der Waals surface area contributed by atoms with Crippen molar-refractivity contribution in [2.75, 3.05) is 13.2 Å². The van der Waals surface area contributed by atoms with E-state index in [0.717, 1.165) is 64.2 Å². The molecule has 0 amide bonds. The van der Waals surface area contributed by atoms with Gasteiger partial charge in [-0.2, -0.15) is 0 Å². The van der Waals surface area contributed by atoms with Gasteiger partial charge in [-0.15, -0.1) is 0 Å². The van der Waals surface area contributed by atoms with Crippen LogP contribution < -0.4 is 0 Å². The van der Waals surface area contributed by atoms with E-state index in [-0.39, 0.29) is 37.5 Å². The summed E-state index contributed by atoms with van der Waals surface area (Å²) >= 11 is 0. The summed E-state index contributed by atoms with van der Waals surface area (Å²) in [6.45, 7) is 6.53. The number of carbonyl (C=O) groups excluding carboxylic acids is 3. The predicted octanol–water partition coefficient (Wildman–Crippen LogP) is 24.3. The van der Waals surface area contributed by atoms with Crippen molar-refractivity contribution in [2.45, 2.75) is 380 Å². The molecule has 0 radical (unpaired) electrons. The minimum Gasteiger partial charge on any atom is -0.462 e. The van der Waals surface area contributed by atoms with E-state index in [4.69, 9.17) is 14.2 Å². The maximum atomic E-state index is 12.9. The summed E-state index contributed by atoms with van der Waals surface area (Å²) in [5.74, 6) is -0.954. The van der Waals surface area contributed by atoms with Gasteiger partial charge < -0.3 is 14.2 Å². The van der Waals surface area contributed by atoms with Gasteiger partial charge in [0.15, 0.2) is 6.10 Å². The lowest BCUT2D eigenvalue weighted by Gasteiger charge is -2.18. The Labute approximate surface area is 498 Å². The second kappa shape index (κ2) is 68.6. The average Bonchev–Trinajstić information content (AvgIpc) is 3.46. The van der Waals surface area contributed by atoms with Crippen LogP contribution in [0.5, 0.6) is 0 Å². The van der Waals surface area contributed by atoms with E-state index in [1.54, 1.807) is 0 Å². The summed E-state index contributed by atoms with van der Waals surface area (Å²) in [5.41, 5.74) is 0. The molecule has 6 nitrogen and oxygen atoms in total. The van der Waals surface area contributed by atoms with E-state index in [1.165, 1.54) is 263 Å². The lowest BCUT2D eigenvalue weighted by atomic mass is 10.0. The minimum absolute atomic E-state index is 0.0923. The Hall–Kier alpha value is -2.89. The third kappa shape index (κ3) is 65.9. The van der Waals surface area contributed by atoms with E-state index < -0.39 is 6.10 Å². The molecule has 1 unspecified atom stereocenters. The molecule has 1 atom stereocenters. The first-order valence-corrected chi connectivity index (χ1v) is 35.3. The Morgan fingerprint density at radius 2 is 0.512 bits per heavy atom. The van der Waals surface area contributed by atoms with Crippen LogP contribution in [-0.4, -0.2) is 37.2 Å². The number of rotatable bonds is 65. The molecule has 0 N–H and O–H groups in total. The molecule has 0 fully saturated rings. The summed E-state index contributed by atoms with van der Waals surface area (Å²) in [5, 5.41) is 0. The Balaban J connectivity index is 4.26. The molecular formula is C74H134O6. The van der Waals surface area contributed by atoms with Crippen molar-refractivity contribution in [1.29, 1.82) is 0 Å². The molecule has 0 rings (SSSR count). The zero-order valence-corrected chi connectivity index (χ0v) is 53.6. The number of unbranched alkanes of at least 4 members (excludes halogenated alkanes) is 44. The Bertz CT molecular complexity index is 1430. The molecule has 466 valence electrons. The molecular weight excluding hydrogens is 985 g/mol. The van der Waals surface area contributed by atoms with Gasteiger partial charge in [-0.05, 0) is 70.6 Å². The van der Waals surface area contributed by atoms with Crippen LogP contribution in [0, 0.1) is 0 Å². The smallest absolute Gasteiger partial charge is 0.306 e. The van der Waals surface area contributed by atoms with Crippen LogP contribution in [0.2, 0.25) is 0 Å².